The van der Waals surface area contributed by atoms with Crippen molar-refractivity contribution in [2.24, 2.45) is 0 Å². The van der Waals surface area contributed by atoms with Crippen molar-refractivity contribution in [1.82, 2.24) is 10.2 Å². The molecule has 1 saturated heterocycles. The zero-order valence-electron chi connectivity index (χ0n) is 8.12. The monoisotopic (exact) mass is 186 g/mol. The Morgan fingerprint density at radius 2 is 2.46 bits per heavy atom. The van der Waals surface area contributed by atoms with E-state index in [0.717, 1.165) is 32.5 Å². The molecule has 13 heavy (non-hydrogen) atoms. The lowest BCUT2D eigenvalue weighted by Crippen LogP contribution is -2.34. The molecular weight excluding hydrogens is 168 g/mol. The van der Waals surface area contributed by atoms with Gasteiger partial charge in [0.2, 0.25) is 5.91 Å². The summed E-state index contributed by atoms with van der Waals surface area (Å²) in [5, 5.41) is 11.9. The predicted octanol–water partition coefficient (Wildman–Crippen LogP) is -0.421. The van der Waals surface area contributed by atoms with Crippen molar-refractivity contribution in [1.29, 1.82) is 0 Å². The summed E-state index contributed by atoms with van der Waals surface area (Å²) in [6, 6.07) is 0. The lowest BCUT2D eigenvalue weighted by molar-refractivity contribution is -0.121. The molecular formula is C9H18N2O2. The molecule has 2 N–H and O–H groups in total. The van der Waals surface area contributed by atoms with Gasteiger partial charge in [-0.2, -0.15) is 0 Å². The van der Waals surface area contributed by atoms with E-state index in [0.29, 0.717) is 6.54 Å². The van der Waals surface area contributed by atoms with Crippen LogP contribution in [0.3, 0.4) is 0 Å². The highest BCUT2D eigenvalue weighted by atomic mass is 16.3. The first kappa shape index (κ1) is 10.5. The Bertz CT molecular complexity index is 171. The van der Waals surface area contributed by atoms with Gasteiger partial charge in [-0.1, -0.05) is 0 Å². The highest BCUT2D eigenvalue weighted by Crippen LogP contribution is 1.99. The van der Waals surface area contributed by atoms with Crippen molar-refractivity contribution >= 4 is 5.91 Å². The standard InChI is InChI=1S/C9H18N2O2/c1-8(12)3-6-11-5-2-4-10-9(13)7-11/h8,12H,2-7H2,1H3,(H,10,13). The van der Waals surface area contributed by atoms with Gasteiger partial charge >= 0.3 is 0 Å². The second-order valence-electron chi connectivity index (χ2n) is 3.62. The van der Waals surface area contributed by atoms with E-state index in [4.69, 9.17) is 5.11 Å². The molecule has 1 unspecified atom stereocenters. The normalized spacial score (nSPS) is 22.2. The Hall–Kier alpha value is -0.610. The van der Waals surface area contributed by atoms with Crippen LogP contribution in [0.25, 0.3) is 0 Å². The topological polar surface area (TPSA) is 52.6 Å². The fourth-order valence-corrected chi connectivity index (χ4v) is 1.43. The number of rotatable bonds is 3. The molecule has 1 rings (SSSR count). The summed E-state index contributed by atoms with van der Waals surface area (Å²) in [7, 11) is 0. The van der Waals surface area contributed by atoms with E-state index in [9.17, 15) is 4.79 Å². The molecule has 1 amide bonds. The van der Waals surface area contributed by atoms with Crippen LogP contribution in [0.15, 0.2) is 0 Å². The van der Waals surface area contributed by atoms with Crippen LogP contribution in [0.2, 0.25) is 0 Å². The quantitative estimate of drug-likeness (QED) is 0.629. The second-order valence-corrected chi connectivity index (χ2v) is 3.62. The van der Waals surface area contributed by atoms with Gasteiger partial charge < -0.3 is 10.4 Å². The molecule has 0 aromatic rings. The third-order valence-corrected chi connectivity index (χ3v) is 2.20. The van der Waals surface area contributed by atoms with E-state index < -0.39 is 0 Å². The summed E-state index contributed by atoms with van der Waals surface area (Å²) in [5.74, 6) is 0.100. The van der Waals surface area contributed by atoms with Crippen molar-refractivity contribution < 1.29 is 9.90 Å². The SMILES string of the molecule is CC(O)CCN1CCCNC(=O)C1. The number of aliphatic hydroxyl groups excluding tert-OH is 1. The molecule has 0 aromatic heterocycles. The zero-order chi connectivity index (χ0) is 9.68. The summed E-state index contributed by atoms with van der Waals surface area (Å²) in [6.45, 7) is 4.80. The number of nitrogens with one attached hydrogen (secondary N) is 1. The Labute approximate surface area is 78.9 Å². The van der Waals surface area contributed by atoms with E-state index in [1.807, 2.05) is 0 Å². The lowest BCUT2D eigenvalue weighted by atomic mass is 10.2. The summed E-state index contributed by atoms with van der Waals surface area (Å²) >= 11 is 0. The molecule has 1 aliphatic rings. The number of amides is 1. The molecule has 0 radical (unpaired) electrons. The molecule has 4 nitrogen and oxygen atoms in total. The number of aliphatic hydroxyl groups is 1. The van der Waals surface area contributed by atoms with Crippen molar-refractivity contribution in [3.63, 3.8) is 0 Å². The van der Waals surface area contributed by atoms with E-state index in [1.54, 1.807) is 6.92 Å². The van der Waals surface area contributed by atoms with Gasteiger partial charge in [0.15, 0.2) is 0 Å². The minimum absolute atomic E-state index is 0.100. The van der Waals surface area contributed by atoms with E-state index in [1.165, 1.54) is 0 Å². The average molecular weight is 186 g/mol. The van der Waals surface area contributed by atoms with E-state index in [2.05, 4.69) is 10.2 Å². The fourth-order valence-electron chi connectivity index (χ4n) is 1.43. The number of carbonyl (C=O) groups is 1. The molecule has 0 bridgehead atoms. The minimum atomic E-state index is -0.272. The maximum Gasteiger partial charge on any atom is 0.234 e. The molecule has 1 aliphatic heterocycles. The first-order valence-electron chi connectivity index (χ1n) is 4.85. The van der Waals surface area contributed by atoms with E-state index >= 15 is 0 Å². The number of hydrogen-bond donors (Lipinski definition) is 2. The van der Waals surface area contributed by atoms with Crippen molar-refractivity contribution in [2.45, 2.75) is 25.9 Å². The number of hydrogen-bond acceptors (Lipinski definition) is 3. The third kappa shape index (κ3) is 4.24. The molecule has 76 valence electrons. The highest BCUT2D eigenvalue weighted by Gasteiger charge is 2.14. The minimum Gasteiger partial charge on any atom is -0.393 e. The zero-order valence-corrected chi connectivity index (χ0v) is 8.12. The molecule has 4 heteroatoms. The third-order valence-electron chi connectivity index (χ3n) is 2.20. The molecule has 1 atom stereocenters. The Balaban J connectivity index is 2.26. The van der Waals surface area contributed by atoms with Crippen LogP contribution in [0, 0.1) is 0 Å². The van der Waals surface area contributed by atoms with Crippen molar-refractivity contribution in [3.8, 4) is 0 Å². The van der Waals surface area contributed by atoms with Crippen molar-refractivity contribution in [3.05, 3.63) is 0 Å². The molecule has 1 fully saturated rings. The number of nitrogens with zero attached hydrogens (tertiary/aromatic N) is 1. The maximum atomic E-state index is 11.1. The summed E-state index contributed by atoms with van der Waals surface area (Å²) in [6.07, 6.45) is 1.48. The van der Waals surface area contributed by atoms with Crippen molar-refractivity contribution in [2.75, 3.05) is 26.2 Å². The first-order valence-corrected chi connectivity index (χ1v) is 4.85. The van der Waals surface area contributed by atoms with Gasteiger partial charge in [0, 0.05) is 19.6 Å². The molecule has 0 saturated carbocycles. The van der Waals surface area contributed by atoms with Gasteiger partial charge in [-0.15, -0.1) is 0 Å². The number of carbonyl (C=O) groups excluding carboxylic acids is 1. The van der Waals surface area contributed by atoms with Crippen LogP contribution in [0.1, 0.15) is 19.8 Å². The average Bonchev–Trinajstić information content (AvgIpc) is 2.26. The molecule has 0 aromatic carbocycles. The highest BCUT2D eigenvalue weighted by molar-refractivity contribution is 5.78. The Morgan fingerprint density at radius 1 is 1.69 bits per heavy atom. The Kier molecular flexibility index (Phi) is 4.18. The van der Waals surface area contributed by atoms with Crippen LogP contribution in [-0.2, 0) is 4.79 Å². The van der Waals surface area contributed by atoms with Gasteiger partial charge in [-0.25, -0.2) is 0 Å². The Morgan fingerprint density at radius 3 is 3.15 bits per heavy atom. The van der Waals surface area contributed by atoms with Gasteiger partial charge in [-0.3, -0.25) is 9.69 Å². The first-order chi connectivity index (χ1) is 6.18. The van der Waals surface area contributed by atoms with Crippen LogP contribution >= 0.6 is 0 Å². The van der Waals surface area contributed by atoms with Crippen LogP contribution in [0.5, 0.6) is 0 Å². The van der Waals surface area contributed by atoms with Crippen LogP contribution in [0.4, 0.5) is 0 Å². The smallest absolute Gasteiger partial charge is 0.234 e. The molecule has 0 spiro atoms. The van der Waals surface area contributed by atoms with Gasteiger partial charge in [-0.05, 0) is 19.8 Å². The summed E-state index contributed by atoms with van der Waals surface area (Å²) in [5.41, 5.74) is 0. The van der Waals surface area contributed by atoms with Gasteiger partial charge in [0.1, 0.15) is 0 Å². The molecule has 1 heterocycles. The largest absolute Gasteiger partial charge is 0.393 e. The van der Waals surface area contributed by atoms with Crippen LogP contribution in [-0.4, -0.2) is 48.2 Å². The lowest BCUT2D eigenvalue weighted by Gasteiger charge is -2.18. The predicted molar refractivity (Wildman–Crippen MR) is 50.4 cm³/mol. The van der Waals surface area contributed by atoms with Crippen LogP contribution < -0.4 is 5.32 Å². The van der Waals surface area contributed by atoms with Gasteiger partial charge in [0.25, 0.3) is 0 Å². The van der Waals surface area contributed by atoms with E-state index in [-0.39, 0.29) is 12.0 Å². The second kappa shape index (κ2) is 5.19. The van der Waals surface area contributed by atoms with Gasteiger partial charge in [0.05, 0.1) is 12.6 Å². The maximum absolute atomic E-state index is 11.1. The summed E-state index contributed by atoms with van der Waals surface area (Å²) < 4.78 is 0. The summed E-state index contributed by atoms with van der Waals surface area (Å²) in [4.78, 5) is 13.2. The fraction of sp³-hybridized carbons (Fsp3) is 0.889. The molecule has 0 aliphatic carbocycles.